The molecule has 0 aliphatic carbocycles. The second kappa shape index (κ2) is 4.94. The van der Waals surface area contributed by atoms with Gasteiger partial charge in [-0.25, -0.2) is 0 Å². The average Bonchev–Trinajstić information content (AvgIpc) is 2.26. The molecule has 1 unspecified atom stereocenters. The molecule has 3 nitrogen and oxygen atoms in total. The highest BCUT2D eigenvalue weighted by Gasteiger charge is 2.36. The van der Waals surface area contributed by atoms with E-state index in [0.29, 0.717) is 13.0 Å². The van der Waals surface area contributed by atoms with Crippen LogP contribution in [0.4, 0.5) is 0 Å². The number of benzene rings is 1. The van der Waals surface area contributed by atoms with Crippen LogP contribution in [-0.2, 0) is 14.9 Å². The number of primary amides is 1. The number of rotatable bonds is 5. The minimum Gasteiger partial charge on any atom is -0.383 e. The zero-order valence-corrected chi connectivity index (χ0v) is 9.19. The molecule has 0 aromatic heterocycles. The van der Waals surface area contributed by atoms with Crippen LogP contribution >= 0.6 is 0 Å². The van der Waals surface area contributed by atoms with E-state index in [0.717, 1.165) is 5.56 Å². The number of amides is 1. The van der Waals surface area contributed by atoms with Gasteiger partial charge in [0, 0.05) is 7.11 Å². The lowest BCUT2D eigenvalue weighted by molar-refractivity contribution is -0.125. The number of hydrogen-bond donors (Lipinski definition) is 1. The summed E-state index contributed by atoms with van der Waals surface area (Å²) in [5.41, 5.74) is 5.70. The van der Waals surface area contributed by atoms with Gasteiger partial charge < -0.3 is 10.5 Å². The van der Waals surface area contributed by atoms with E-state index in [1.807, 2.05) is 37.3 Å². The van der Waals surface area contributed by atoms with E-state index in [9.17, 15) is 4.79 Å². The number of carbonyl (C=O) groups excluding carboxylic acids is 1. The molecule has 15 heavy (non-hydrogen) atoms. The predicted octanol–water partition coefficient (Wildman–Crippen LogP) is 1.47. The van der Waals surface area contributed by atoms with E-state index in [1.165, 1.54) is 0 Å². The van der Waals surface area contributed by atoms with Crippen molar-refractivity contribution in [2.45, 2.75) is 18.8 Å². The normalized spacial score (nSPS) is 14.5. The van der Waals surface area contributed by atoms with E-state index in [-0.39, 0.29) is 5.91 Å². The van der Waals surface area contributed by atoms with Crippen LogP contribution in [-0.4, -0.2) is 19.6 Å². The first kappa shape index (κ1) is 11.7. The Kier molecular flexibility index (Phi) is 3.86. The summed E-state index contributed by atoms with van der Waals surface area (Å²) in [6, 6.07) is 9.54. The largest absolute Gasteiger partial charge is 0.383 e. The summed E-state index contributed by atoms with van der Waals surface area (Å²) < 4.78 is 5.11. The van der Waals surface area contributed by atoms with Crippen LogP contribution in [0.3, 0.4) is 0 Å². The lowest BCUT2D eigenvalue weighted by Gasteiger charge is -2.28. The zero-order valence-electron chi connectivity index (χ0n) is 9.19. The molecule has 0 aliphatic heterocycles. The first-order valence-corrected chi connectivity index (χ1v) is 5.01. The zero-order chi connectivity index (χ0) is 11.3. The van der Waals surface area contributed by atoms with Gasteiger partial charge in [-0.1, -0.05) is 37.3 Å². The summed E-state index contributed by atoms with van der Waals surface area (Å²) in [6.07, 6.45) is 0.639. The Balaban J connectivity index is 3.15. The van der Waals surface area contributed by atoms with E-state index in [4.69, 9.17) is 10.5 Å². The van der Waals surface area contributed by atoms with Crippen LogP contribution < -0.4 is 5.73 Å². The Morgan fingerprint density at radius 1 is 1.40 bits per heavy atom. The van der Waals surface area contributed by atoms with Gasteiger partial charge in [-0.05, 0) is 12.0 Å². The highest BCUT2D eigenvalue weighted by molar-refractivity contribution is 5.86. The van der Waals surface area contributed by atoms with Crippen molar-refractivity contribution in [3.05, 3.63) is 35.9 Å². The summed E-state index contributed by atoms with van der Waals surface area (Å²) in [7, 11) is 1.58. The maximum Gasteiger partial charge on any atom is 0.230 e. The molecular weight excluding hydrogens is 190 g/mol. The van der Waals surface area contributed by atoms with E-state index in [1.54, 1.807) is 7.11 Å². The summed E-state index contributed by atoms with van der Waals surface area (Å²) in [4.78, 5) is 11.6. The first-order chi connectivity index (χ1) is 7.17. The third kappa shape index (κ3) is 2.18. The minimum absolute atomic E-state index is 0.322. The van der Waals surface area contributed by atoms with Crippen molar-refractivity contribution in [1.29, 1.82) is 0 Å². The van der Waals surface area contributed by atoms with Crippen LogP contribution in [0, 0.1) is 0 Å². The predicted molar refractivity (Wildman–Crippen MR) is 59.5 cm³/mol. The molecule has 0 heterocycles. The molecule has 1 amide bonds. The van der Waals surface area contributed by atoms with Crippen molar-refractivity contribution in [3.63, 3.8) is 0 Å². The fraction of sp³-hybridized carbons (Fsp3) is 0.417. The van der Waals surface area contributed by atoms with Crippen LogP contribution in [0.15, 0.2) is 30.3 Å². The van der Waals surface area contributed by atoms with Gasteiger partial charge in [-0.15, -0.1) is 0 Å². The first-order valence-electron chi connectivity index (χ1n) is 5.01. The topological polar surface area (TPSA) is 52.3 Å². The van der Waals surface area contributed by atoms with Crippen molar-refractivity contribution >= 4 is 5.91 Å². The molecule has 1 aromatic carbocycles. The molecule has 1 rings (SSSR count). The van der Waals surface area contributed by atoms with Gasteiger partial charge in [0.25, 0.3) is 0 Å². The molecule has 82 valence electrons. The smallest absolute Gasteiger partial charge is 0.230 e. The highest BCUT2D eigenvalue weighted by Crippen LogP contribution is 2.27. The summed E-state index contributed by atoms with van der Waals surface area (Å²) >= 11 is 0. The highest BCUT2D eigenvalue weighted by atomic mass is 16.5. The van der Waals surface area contributed by atoms with Crippen molar-refractivity contribution in [1.82, 2.24) is 0 Å². The number of carbonyl (C=O) groups is 1. The minimum atomic E-state index is -0.698. The summed E-state index contributed by atoms with van der Waals surface area (Å²) in [5, 5.41) is 0. The van der Waals surface area contributed by atoms with Crippen molar-refractivity contribution in [2.24, 2.45) is 5.73 Å². The molecule has 3 heteroatoms. The van der Waals surface area contributed by atoms with Crippen LogP contribution in [0.2, 0.25) is 0 Å². The quantitative estimate of drug-likeness (QED) is 0.794. The Hall–Kier alpha value is -1.35. The Labute approximate surface area is 90.2 Å². The Bertz CT molecular complexity index is 324. The monoisotopic (exact) mass is 207 g/mol. The van der Waals surface area contributed by atoms with Gasteiger partial charge in [0.05, 0.1) is 12.0 Å². The van der Waals surface area contributed by atoms with E-state index in [2.05, 4.69) is 0 Å². The lowest BCUT2D eigenvalue weighted by atomic mass is 9.78. The summed E-state index contributed by atoms with van der Waals surface area (Å²) in [5.74, 6) is -0.335. The van der Waals surface area contributed by atoms with Crippen LogP contribution in [0.25, 0.3) is 0 Å². The SMILES string of the molecule is CCC(COC)(C(N)=O)c1ccccc1. The number of hydrogen-bond acceptors (Lipinski definition) is 2. The van der Waals surface area contributed by atoms with E-state index < -0.39 is 5.41 Å². The number of ether oxygens (including phenoxy) is 1. The van der Waals surface area contributed by atoms with Crippen molar-refractivity contribution in [2.75, 3.05) is 13.7 Å². The van der Waals surface area contributed by atoms with Crippen molar-refractivity contribution < 1.29 is 9.53 Å². The lowest BCUT2D eigenvalue weighted by Crippen LogP contribution is -2.44. The molecule has 0 bridgehead atoms. The van der Waals surface area contributed by atoms with Gasteiger partial charge in [0.1, 0.15) is 0 Å². The number of methoxy groups -OCH3 is 1. The molecule has 0 saturated heterocycles. The molecule has 1 atom stereocenters. The third-order valence-electron chi connectivity index (χ3n) is 2.79. The summed E-state index contributed by atoms with van der Waals surface area (Å²) in [6.45, 7) is 2.26. The second-order valence-corrected chi connectivity index (χ2v) is 3.60. The van der Waals surface area contributed by atoms with Crippen molar-refractivity contribution in [3.8, 4) is 0 Å². The van der Waals surface area contributed by atoms with Gasteiger partial charge in [-0.3, -0.25) is 4.79 Å². The second-order valence-electron chi connectivity index (χ2n) is 3.60. The van der Waals surface area contributed by atoms with Gasteiger partial charge in [0.2, 0.25) is 5.91 Å². The van der Waals surface area contributed by atoms with Gasteiger partial charge in [-0.2, -0.15) is 0 Å². The molecule has 0 radical (unpaired) electrons. The van der Waals surface area contributed by atoms with Gasteiger partial charge in [0.15, 0.2) is 0 Å². The molecule has 0 spiro atoms. The maximum absolute atomic E-state index is 11.6. The van der Waals surface area contributed by atoms with Gasteiger partial charge >= 0.3 is 0 Å². The van der Waals surface area contributed by atoms with Crippen LogP contribution in [0.5, 0.6) is 0 Å². The molecule has 0 saturated carbocycles. The van der Waals surface area contributed by atoms with E-state index >= 15 is 0 Å². The molecule has 0 fully saturated rings. The molecular formula is C12H17NO2. The molecule has 2 N–H and O–H groups in total. The fourth-order valence-electron chi connectivity index (χ4n) is 1.78. The Morgan fingerprint density at radius 2 is 2.00 bits per heavy atom. The number of nitrogens with two attached hydrogens (primary N) is 1. The standard InChI is InChI=1S/C12H17NO2/c1-3-12(9-15-2,11(13)14)10-7-5-4-6-8-10/h4-8H,3,9H2,1-2H3,(H2,13,14). The molecule has 1 aromatic rings. The fourth-order valence-corrected chi connectivity index (χ4v) is 1.78. The maximum atomic E-state index is 11.6. The molecule has 0 aliphatic rings. The Morgan fingerprint density at radius 3 is 2.40 bits per heavy atom. The van der Waals surface area contributed by atoms with Crippen LogP contribution in [0.1, 0.15) is 18.9 Å². The average molecular weight is 207 g/mol. The third-order valence-corrected chi connectivity index (χ3v) is 2.79.